The van der Waals surface area contributed by atoms with Crippen LogP contribution in [0.15, 0.2) is 12.5 Å². The van der Waals surface area contributed by atoms with Gasteiger partial charge in [0.2, 0.25) is 0 Å². The van der Waals surface area contributed by atoms with Gasteiger partial charge >= 0.3 is 0 Å². The van der Waals surface area contributed by atoms with Crippen LogP contribution in [0.1, 0.15) is 12.6 Å². The van der Waals surface area contributed by atoms with Gasteiger partial charge in [0.1, 0.15) is 29.3 Å². The van der Waals surface area contributed by atoms with Crippen molar-refractivity contribution in [1.82, 2.24) is 14.5 Å². The Morgan fingerprint density at radius 2 is 2.10 bits per heavy atom. The molecule has 7 nitrogen and oxygen atoms in total. The zero-order valence-electron chi connectivity index (χ0n) is 10.7. The summed E-state index contributed by atoms with van der Waals surface area (Å²) in [6.45, 7) is -0.126. The number of hydrogen-bond donors (Lipinski definition) is 3. The van der Waals surface area contributed by atoms with E-state index < -0.39 is 24.5 Å². The Hall–Kier alpha value is -0.520. The predicted octanol–water partition coefficient (Wildman–Crippen LogP) is 0.691. The maximum absolute atomic E-state index is 10.2. The van der Waals surface area contributed by atoms with Crippen LogP contribution in [0, 0.1) is 3.57 Å². The van der Waals surface area contributed by atoms with Gasteiger partial charge in [-0.05, 0) is 29.0 Å². The number of aliphatic hydroxyl groups is 3. The van der Waals surface area contributed by atoms with E-state index in [1.165, 1.54) is 6.33 Å². The number of rotatable bonds is 3. The molecule has 1 fully saturated rings. The van der Waals surface area contributed by atoms with Crippen molar-refractivity contribution in [3.8, 4) is 0 Å². The third-order valence-corrected chi connectivity index (χ3v) is 4.65. The molecular weight excluding hydrogens is 413 g/mol. The van der Waals surface area contributed by atoms with E-state index in [0.717, 1.165) is 3.57 Å². The minimum absolute atomic E-state index is 0.126. The molecule has 0 unspecified atom stereocenters. The maximum atomic E-state index is 10.2. The molecule has 1 aliphatic rings. The Morgan fingerprint density at radius 3 is 2.81 bits per heavy atom. The first kappa shape index (κ1) is 15.4. The van der Waals surface area contributed by atoms with Crippen LogP contribution < -0.4 is 0 Å². The molecule has 3 rings (SSSR count). The fourth-order valence-electron chi connectivity index (χ4n) is 2.52. The summed E-state index contributed by atoms with van der Waals surface area (Å²) < 4.78 is 8.13. The lowest BCUT2D eigenvalue weighted by Crippen LogP contribution is -2.31. The van der Waals surface area contributed by atoms with Gasteiger partial charge in [0.25, 0.3) is 0 Å². The quantitative estimate of drug-likeness (QED) is 0.494. The molecule has 0 radical (unpaired) electrons. The van der Waals surface area contributed by atoms with Gasteiger partial charge in [-0.2, -0.15) is 0 Å². The summed E-state index contributed by atoms with van der Waals surface area (Å²) in [7, 11) is 0. The van der Waals surface area contributed by atoms with Crippen LogP contribution in [0.5, 0.6) is 0 Å². The topological polar surface area (TPSA) is 101 Å². The summed E-state index contributed by atoms with van der Waals surface area (Å²) in [4.78, 5) is 8.12. The van der Waals surface area contributed by atoms with Crippen LogP contribution in [0.3, 0.4) is 0 Å². The van der Waals surface area contributed by atoms with Crippen molar-refractivity contribution in [2.45, 2.75) is 31.0 Å². The highest BCUT2D eigenvalue weighted by molar-refractivity contribution is 14.1. The smallest absolute Gasteiger partial charge is 0.164 e. The first-order chi connectivity index (χ1) is 10.0. The fourth-order valence-corrected chi connectivity index (χ4v) is 3.71. The molecule has 0 saturated carbocycles. The van der Waals surface area contributed by atoms with Crippen molar-refractivity contribution in [2.75, 3.05) is 6.61 Å². The van der Waals surface area contributed by atoms with Gasteiger partial charge in [0, 0.05) is 16.4 Å². The van der Waals surface area contributed by atoms with Crippen molar-refractivity contribution in [1.29, 1.82) is 0 Å². The molecule has 0 spiro atoms. The third kappa shape index (κ3) is 2.53. The molecule has 2 aromatic rings. The lowest BCUT2D eigenvalue weighted by molar-refractivity contribution is -0.0403. The van der Waals surface area contributed by atoms with Crippen LogP contribution in [0.2, 0.25) is 5.15 Å². The van der Waals surface area contributed by atoms with Crippen molar-refractivity contribution in [2.24, 2.45) is 0 Å². The van der Waals surface area contributed by atoms with Crippen LogP contribution in [0.4, 0.5) is 0 Å². The average molecular weight is 426 g/mol. The molecule has 3 heterocycles. The van der Waals surface area contributed by atoms with E-state index in [1.807, 2.05) is 0 Å². The minimum Gasteiger partial charge on any atom is -0.396 e. The SMILES string of the molecule is OCC[C@@H]1O[C@@H](n2cc(I)c3c(Cl)ncnc32)[C@H](O)[C@@H]1O. The van der Waals surface area contributed by atoms with E-state index in [9.17, 15) is 10.2 Å². The molecule has 114 valence electrons. The number of aliphatic hydroxyl groups excluding tert-OH is 3. The number of aromatic nitrogens is 3. The van der Waals surface area contributed by atoms with Gasteiger partial charge in [-0.25, -0.2) is 9.97 Å². The van der Waals surface area contributed by atoms with Gasteiger partial charge < -0.3 is 24.6 Å². The lowest BCUT2D eigenvalue weighted by Gasteiger charge is -2.17. The molecule has 0 aliphatic carbocycles. The number of halogens is 2. The molecule has 1 saturated heterocycles. The zero-order chi connectivity index (χ0) is 15.1. The minimum atomic E-state index is -1.11. The predicted molar refractivity (Wildman–Crippen MR) is 82.9 cm³/mol. The van der Waals surface area contributed by atoms with E-state index in [4.69, 9.17) is 21.4 Å². The monoisotopic (exact) mass is 425 g/mol. The molecule has 9 heteroatoms. The number of hydrogen-bond acceptors (Lipinski definition) is 6. The molecule has 1 aliphatic heterocycles. The van der Waals surface area contributed by atoms with E-state index in [2.05, 4.69) is 32.6 Å². The Labute approximate surface area is 138 Å². The number of ether oxygens (including phenoxy) is 1. The van der Waals surface area contributed by atoms with Crippen molar-refractivity contribution < 1.29 is 20.1 Å². The third-order valence-electron chi connectivity index (χ3n) is 3.54. The second-order valence-electron chi connectivity index (χ2n) is 4.81. The summed E-state index contributed by atoms with van der Waals surface area (Å²) >= 11 is 8.17. The van der Waals surface area contributed by atoms with Gasteiger partial charge in [-0.1, -0.05) is 11.6 Å². The molecule has 2 aromatic heterocycles. The van der Waals surface area contributed by atoms with E-state index in [0.29, 0.717) is 16.2 Å². The highest BCUT2D eigenvalue weighted by Gasteiger charge is 2.43. The second-order valence-corrected chi connectivity index (χ2v) is 6.33. The van der Waals surface area contributed by atoms with Gasteiger partial charge in [-0.3, -0.25) is 0 Å². The molecular formula is C12H13ClIN3O4. The van der Waals surface area contributed by atoms with Crippen LogP contribution in [-0.2, 0) is 4.74 Å². The molecule has 0 bridgehead atoms. The molecule has 0 aromatic carbocycles. The average Bonchev–Trinajstić information content (AvgIpc) is 2.93. The van der Waals surface area contributed by atoms with Crippen LogP contribution in [0.25, 0.3) is 11.0 Å². The highest BCUT2D eigenvalue weighted by Crippen LogP contribution is 2.36. The number of nitrogens with zero attached hydrogens (tertiary/aromatic N) is 3. The first-order valence-electron chi connectivity index (χ1n) is 6.33. The van der Waals surface area contributed by atoms with Crippen LogP contribution in [-0.4, -0.2) is 54.8 Å². The maximum Gasteiger partial charge on any atom is 0.164 e. The van der Waals surface area contributed by atoms with Crippen LogP contribution >= 0.6 is 34.2 Å². The summed E-state index contributed by atoms with van der Waals surface area (Å²) in [5.74, 6) is 0. The van der Waals surface area contributed by atoms with Crippen molar-refractivity contribution in [3.05, 3.63) is 21.2 Å². The second kappa shape index (κ2) is 5.94. The van der Waals surface area contributed by atoms with E-state index in [1.54, 1.807) is 10.8 Å². The summed E-state index contributed by atoms with van der Waals surface area (Å²) in [5, 5.41) is 30.2. The molecule has 3 N–H and O–H groups in total. The lowest BCUT2D eigenvalue weighted by atomic mass is 10.1. The van der Waals surface area contributed by atoms with Gasteiger partial charge in [-0.15, -0.1) is 0 Å². The standard InChI is InChI=1S/C12H13ClIN3O4/c13-10-7-5(14)3-17(11(7)16-4-15-10)12-9(20)8(19)6(21-12)1-2-18/h3-4,6,8-9,12,18-20H,1-2H2/t6-,8+,9+,12+/m0/s1. The van der Waals surface area contributed by atoms with Gasteiger partial charge in [0.15, 0.2) is 6.23 Å². The highest BCUT2D eigenvalue weighted by atomic mass is 127. The Balaban J connectivity index is 2.03. The summed E-state index contributed by atoms with van der Waals surface area (Å²) in [6.07, 6.45) is -0.249. The van der Waals surface area contributed by atoms with Gasteiger partial charge in [0.05, 0.1) is 11.5 Å². The summed E-state index contributed by atoms with van der Waals surface area (Å²) in [6, 6.07) is 0. The Morgan fingerprint density at radius 1 is 1.33 bits per heavy atom. The van der Waals surface area contributed by atoms with E-state index in [-0.39, 0.29) is 13.0 Å². The Kier molecular flexibility index (Phi) is 4.35. The molecule has 0 amide bonds. The molecule has 21 heavy (non-hydrogen) atoms. The Bertz CT molecular complexity index is 667. The molecule has 4 atom stereocenters. The number of fused-ring (bicyclic) bond motifs is 1. The van der Waals surface area contributed by atoms with Crippen molar-refractivity contribution in [3.63, 3.8) is 0 Å². The largest absolute Gasteiger partial charge is 0.396 e. The van der Waals surface area contributed by atoms with E-state index >= 15 is 0 Å². The first-order valence-corrected chi connectivity index (χ1v) is 7.79. The zero-order valence-corrected chi connectivity index (χ0v) is 13.6. The summed E-state index contributed by atoms with van der Waals surface area (Å²) in [5.41, 5.74) is 0.528. The van der Waals surface area contributed by atoms with Crippen molar-refractivity contribution >= 4 is 45.2 Å². The normalized spacial score (nSPS) is 29.4. The fraction of sp³-hybridized carbons (Fsp3) is 0.500.